The van der Waals surface area contributed by atoms with Crippen LogP contribution in [-0.4, -0.2) is 38.2 Å². The van der Waals surface area contributed by atoms with E-state index in [1.54, 1.807) is 51.9 Å². The molecule has 6 nitrogen and oxygen atoms in total. The van der Waals surface area contributed by atoms with Gasteiger partial charge >= 0.3 is 0 Å². The topological polar surface area (TPSA) is 61.1 Å². The van der Waals surface area contributed by atoms with E-state index in [4.69, 9.17) is 18.6 Å². The van der Waals surface area contributed by atoms with Gasteiger partial charge in [0.15, 0.2) is 11.5 Å². The average Bonchev–Trinajstić information content (AvgIpc) is 3.38. The Morgan fingerprint density at radius 1 is 1.19 bits per heavy atom. The van der Waals surface area contributed by atoms with Crippen LogP contribution in [0.3, 0.4) is 0 Å². The van der Waals surface area contributed by atoms with Crippen molar-refractivity contribution < 1.29 is 23.4 Å². The third kappa shape index (κ3) is 4.02. The van der Waals surface area contributed by atoms with Crippen molar-refractivity contribution >= 4 is 12.0 Å². The molecule has 1 aliphatic carbocycles. The number of furan rings is 1. The van der Waals surface area contributed by atoms with E-state index in [2.05, 4.69) is 0 Å². The minimum Gasteiger partial charge on any atom is -0.493 e. The van der Waals surface area contributed by atoms with Crippen LogP contribution in [0.2, 0.25) is 0 Å². The number of amides is 1. The summed E-state index contributed by atoms with van der Waals surface area (Å²) in [7, 11) is 4.68. The van der Waals surface area contributed by atoms with E-state index in [-0.39, 0.29) is 11.9 Å². The molecular formula is C20H23NO5. The largest absolute Gasteiger partial charge is 0.493 e. The standard InChI is InChI=1S/C20H23NO5/c1-23-17-11-14(12-18(24-2)20(17)25-3)6-9-19(22)21(15-7-8-15)13-16-5-4-10-26-16/h4-6,9-12,15H,7-8,13H2,1-3H3. The number of carbonyl (C=O) groups excluding carboxylic acids is 1. The van der Waals surface area contributed by atoms with E-state index in [1.165, 1.54) is 0 Å². The molecule has 0 spiro atoms. The molecule has 1 aromatic heterocycles. The summed E-state index contributed by atoms with van der Waals surface area (Å²) in [4.78, 5) is 14.5. The molecule has 2 aromatic rings. The summed E-state index contributed by atoms with van der Waals surface area (Å²) < 4.78 is 21.4. The summed E-state index contributed by atoms with van der Waals surface area (Å²) in [5, 5.41) is 0. The lowest BCUT2D eigenvalue weighted by atomic mass is 10.1. The Balaban J connectivity index is 1.78. The van der Waals surface area contributed by atoms with Gasteiger partial charge in [-0.15, -0.1) is 0 Å². The molecule has 0 aliphatic heterocycles. The van der Waals surface area contributed by atoms with Crippen LogP contribution in [0, 0.1) is 0 Å². The second-order valence-electron chi connectivity index (χ2n) is 6.07. The van der Waals surface area contributed by atoms with E-state index in [0.717, 1.165) is 24.2 Å². The summed E-state index contributed by atoms with van der Waals surface area (Å²) >= 11 is 0. The highest BCUT2D eigenvalue weighted by atomic mass is 16.5. The Kier molecular flexibility index (Phi) is 5.51. The van der Waals surface area contributed by atoms with Crippen molar-refractivity contribution in [3.63, 3.8) is 0 Å². The lowest BCUT2D eigenvalue weighted by Crippen LogP contribution is -2.30. The molecule has 0 bridgehead atoms. The predicted octanol–water partition coefficient (Wildman–Crippen LogP) is 3.51. The first-order valence-corrected chi connectivity index (χ1v) is 8.47. The van der Waals surface area contributed by atoms with Crippen molar-refractivity contribution in [2.45, 2.75) is 25.4 Å². The first kappa shape index (κ1) is 17.9. The van der Waals surface area contributed by atoms with Gasteiger partial charge < -0.3 is 23.5 Å². The third-order valence-corrected chi connectivity index (χ3v) is 4.28. The number of methoxy groups -OCH3 is 3. The Morgan fingerprint density at radius 2 is 1.88 bits per heavy atom. The zero-order valence-electron chi connectivity index (χ0n) is 15.2. The van der Waals surface area contributed by atoms with Gasteiger partial charge in [0.25, 0.3) is 0 Å². The Hall–Kier alpha value is -2.89. The molecule has 0 N–H and O–H groups in total. The maximum absolute atomic E-state index is 12.7. The van der Waals surface area contributed by atoms with Crippen LogP contribution >= 0.6 is 0 Å². The highest BCUT2D eigenvalue weighted by molar-refractivity contribution is 5.92. The fourth-order valence-corrected chi connectivity index (χ4v) is 2.80. The second-order valence-corrected chi connectivity index (χ2v) is 6.07. The van der Waals surface area contributed by atoms with Crippen molar-refractivity contribution in [3.05, 3.63) is 47.9 Å². The van der Waals surface area contributed by atoms with E-state index in [9.17, 15) is 4.79 Å². The number of rotatable bonds is 8. The summed E-state index contributed by atoms with van der Waals surface area (Å²) in [6, 6.07) is 7.61. The number of hydrogen-bond acceptors (Lipinski definition) is 5. The van der Waals surface area contributed by atoms with Gasteiger partial charge in [-0.05, 0) is 48.7 Å². The van der Waals surface area contributed by atoms with Crippen LogP contribution in [0.4, 0.5) is 0 Å². The van der Waals surface area contributed by atoms with E-state index in [1.807, 2.05) is 17.0 Å². The van der Waals surface area contributed by atoms with Gasteiger partial charge in [0.05, 0.1) is 34.1 Å². The molecular weight excluding hydrogens is 334 g/mol. The van der Waals surface area contributed by atoms with Crippen molar-refractivity contribution in [1.82, 2.24) is 4.90 Å². The molecule has 1 aliphatic rings. The molecule has 6 heteroatoms. The zero-order chi connectivity index (χ0) is 18.5. The lowest BCUT2D eigenvalue weighted by molar-refractivity contribution is -0.127. The number of carbonyl (C=O) groups is 1. The van der Waals surface area contributed by atoms with Crippen molar-refractivity contribution in [3.8, 4) is 17.2 Å². The maximum Gasteiger partial charge on any atom is 0.247 e. The first-order chi connectivity index (χ1) is 12.7. The number of nitrogens with zero attached hydrogens (tertiary/aromatic N) is 1. The van der Waals surface area contributed by atoms with Crippen LogP contribution in [0.15, 0.2) is 41.0 Å². The number of benzene rings is 1. The maximum atomic E-state index is 12.7. The highest BCUT2D eigenvalue weighted by Gasteiger charge is 2.32. The Bertz CT molecular complexity index is 752. The van der Waals surface area contributed by atoms with E-state index in [0.29, 0.717) is 23.8 Å². The summed E-state index contributed by atoms with van der Waals surface area (Å²) in [5.74, 6) is 2.36. The van der Waals surface area contributed by atoms with Crippen LogP contribution in [0.1, 0.15) is 24.2 Å². The zero-order valence-corrected chi connectivity index (χ0v) is 15.2. The molecule has 0 saturated heterocycles. The smallest absolute Gasteiger partial charge is 0.247 e. The molecule has 1 heterocycles. The Labute approximate surface area is 152 Å². The minimum atomic E-state index is -0.0438. The van der Waals surface area contributed by atoms with Gasteiger partial charge in [0, 0.05) is 12.1 Å². The molecule has 0 radical (unpaired) electrons. The van der Waals surface area contributed by atoms with Crippen molar-refractivity contribution in [1.29, 1.82) is 0 Å². The quantitative estimate of drug-likeness (QED) is 0.677. The Morgan fingerprint density at radius 3 is 2.38 bits per heavy atom. The van der Waals surface area contributed by atoms with Gasteiger partial charge in [-0.25, -0.2) is 0 Å². The van der Waals surface area contributed by atoms with E-state index < -0.39 is 0 Å². The molecule has 26 heavy (non-hydrogen) atoms. The molecule has 0 atom stereocenters. The summed E-state index contributed by atoms with van der Waals surface area (Å²) in [6.07, 6.45) is 7.01. The molecule has 1 aromatic carbocycles. The first-order valence-electron chi connectivity index (χ1n) is 8.47. The number of ether oxygens (including phenoxy) is 3. The molecule has 0 unspecified atom stereocenters. The van der Waals surface area contributed by atoms with E-state index >= 15 is 0 Å². The molecule has 1 fully saturated rings. The molecule has 1 amide bonds. The summed E-state index contributed by atoms with van der Waals surface area (Å²) in [5.41, 5.74) is 0.793. The number of hydrogen-bond donors (Lipinski definition) is 0. The lowest BCUT2D eigenvalue weighted by Gasteiger charge is -2.19. The highest BCUT2D eigenvalue weighted by Crippen LogP contribution is 2.38. The average molecular weight is 357 g/mol. The minimum absolute atomic E-state index is 0.0438. The SMILES string of the molecule is COc1cc(C=CC(=O)N(Cc2ccco2)C2CC2)cc(OC)c1OC. The molecule has 138 valence electrons. The van der Waals surface area contributed by atoms with Crippen LogP contribution < -0.4 is 14.2 Å². The monoisotopic (exact) mass is 357 g/mol. The fourth-order valence-electron chi connectivity index (χ4n) is 2.80. The molecule has 3 rings (SSSR count). The van der Waals surface area contributed by atoms with Gasteiger partial charge in [-0.2, -0.15) is 0 Å². The summed E-state index contributed by atoms with van der Waals surface area (Å²) in [6.45, 7) is 0.482. The van der Waals surface area contributed by atoms with Crippen LogP contribution in [0.5, 0.6) is 17.2 Å². The van der Waals surface area contributed by atoms with Gasteiger partial charge in [0.1, 0.15) is 5.76 Å². The molecule has 1 saturated carbocycles. The van der Waals surface area contributed by atoms with Gasteiger partial charge in [-0.3, -0.25) is 4.79 Å². The van der Waals surface area contributed by atoms with Crippen molar-refractivity contribution in [2.24, 2.45) is 0 Å². The van der Waals surface area contributed by atoms with Crippen LogP contribution in [0.25, 0.3) is 6.08 Å². The third-order valence-electron chi connectivity index (χ3n) is 4.28. The second kappa shape index (κ2) is 7.99. The van der Waals surface area contributed by atoms with Crippen molar-refractivity contribution in [2.75, 3.05) is 21.3 Å². The van der Waals surface area contributed by atoms with Crippen LogP contribution in [-0.2, 0) is 11.3 Å². The normalized spacial score (nSPS) is 13.7. The fraction of sp³-hybridized carbons (Fsp3) is 0.350. The predicted molar refractivity (Wildman–Crippen MR) is 97.4 cm³/mol. The van der Waals surface area contributed by atoms with Gasteiger partial charge in [-0.1, -0.05) is 0 Å². The van der Waals surface area contributed by atoms with Gasteiger partial charge in [0.2, 0.25) is 11.7 Å².